The van der Waals surface area contributed by atoms with Crippen molar-refractivity contribution in [3.8, 4) is 6.07 Å². The Bertz CT molecular complexity index is 1210. The molecule has 2 aromatic heterocycles. The number of pyridine rings is 2. The van der Waals surface area contributed by atoms with E-state index in [1.165, 1.54) is 18.4 Å². The molecule has 2 aliphatic rings. The van der Waals surface area contributed by atoms with Crippen LogP contribution >= 0.6 is 0 Å². The lowest BCUT2D eigenvalue weighted by Crippen LogP contribution is -2.29. The van der Waals surface area contributed by atoms with Crippen molar-refractivity contribution in [2.75, 3.05) is 25.5 Å². The standard InChI is InChI=1S/C26H29N5O/c1-30-14-12-19(13-15-30)18-6-9-22(10-7-18)28-24-11-8-20-16-21(17-27)26(32)31(25(20)29-24)23-4-2-3-5-23/h6-11,16,19,23H,2-5,12-15H2,1H3,(H,28,29). The van der Waals surface area contributed by atoms with Gasteiger partial charge >= 0.3 is 0 Å². The summed E-state index contributed by atoms with van der Waals surface area (Å²) in [7, 11) is 2.19. The molecule has 0 amide bonds. The first kappa shape index (κ1) is 20.7. The molecule has 1 saturated carbocycles. The number of piperidine rings is 1. The molecule has 6 nitrogen and oxygen atoms in total. The lowest BCUT2D eigenvalue weighted by atomic mass is 9.89. The summed E-state index contributed by atoms with van der Waals surface area (Å²) in [5.74, 6) is 1.34. The summed E-state index contributed by atoms with van der Waals surface area (Å²) < 4.78 is 1.76. The number of fused-ring (bicyclic) bond motifs is 1. The second kappa shape index (κ2) is 8.76. The van der Waals surface area contributed by atoms with E-state index in [1.807, 2.05) is 12.1 Å². The third-order valence-corrected chi connectivity index (χ3v) is 7.07. The van der Waals surface area contributed by atoms with Crippen LogP contribution in [0.5, 0.6) is 0 Å². The first-order chi connectivity index (χ1) is 15.6. The monoisotopic (exact) mass is 427 g/mol. The minimum absolute atomic E-state index is 0.120. The van der Waals surface area contributed by atoms with Gasteiger partial charge in [-0.05, 0) is 87.6 Å². The molecule has 0 atom stereocenters. The quantitative estimate of drug-likeness (QED) is 0.639. The lowest BCUT2D eigenvalue weighted by molar-refractivity contribution is 0.255. The van der Waals surface area contributed by atoms with Gasteiger partial charge in [0.05, 0.1) is 0 Å². The zero-order chi connectivity index (χ0) is 22.1. The smallest absolute Gasteiger partial charge is 0.270 e. The fourth-order valence-corrected chi connectivity index (χ4v) is 5.19. The maximum atomic E-state index is 13.0. The van der Waals surface area contributed by atoms with Crippen LogP contribution in [0.2, 0.25) is 0 Å². The highest BCUT2D eigenvalue weighted by atomic mass is 16.1. The van der Waals surface area contributed by atoms with Gasteiger partial charge in [0, 0.05) is 17.1 Å². The molecular weight excluding hydrogens is 398 g/mol. The molecule has 1 saturated heterocycles. The molecule has 6 heteroatoms. The van der Waals surface area contributed by atoms with Crippen molar-refractivity contribution in [1.29, 1.82) is 5.26 Å². The van der Waals surface area contributed by atoms with Gasteiger partial charge in [0.2, 0.25) is 0 Å². The largest absolute Gasteiger partial charge is 0.340 e. The van der Waals surface area contributed by atoms with Gasteiger partial charge in [-0.3, -0.25) is 9.36 Å². The fourth-order valence-electron chi connectivity index (χ4n) is 5.19. The number of benzene rings is 1. The Morgan fingerprint density at radius 2 is 1.75 bits per heavy atom. The molecule has 0 radical (unpaired) electrons. The molecule has 5 rings (SSSR count). The topological polar surface area (TPSA) is 74.0 Å². The number of nitriles is 1. The van der Waals surface area contributed by atoms with Gasteiger partial charge in [0.1, 0.15) is 23.1 Å². The van der Waals surface area contributed by atoms with Crippen molar-refractivity contribution in [3.63, 3.8) is 0 Å². The van der Waals surface area contributed by atoms with Crippen LogP contribution in [0.25, 0.3) is 11.0 Å². The Kier molecular flexibility index (Phi) is 5.67. The maximum absolute atomic E-state index is 13.0. The molecule has 1 N–H and O–H groups in total. The number of aromatic nitrogens is 2. The van der Waals surface area contributed by atoms with Gasteiger partial charge < -0.3 is 10.2 Å². The van der Waals surface area contributed by atoms with E-state index in [0.717, 1.165) is 49.8 Å². The molecular formula is C26H29N5O. The van der Waals surface area contributed by atoms with Crippen molar-refractivity contribution >= 4 is 22.5 Å². The molecule has 0 bridgehead atoms. The summed E-state index contributed by atoms with van der Waals surface area (Å²) in [6, 6.07) is 16.4. The Labute approximate surface area is 188 Å². The number of anilines is 2. The molecule has 3 heterocycles. The normalized spacial score (nSPS) is 18.1. The Morgan fingerprint density at radius 1 is 1.03 bits per heavy atom. The highest BCUT2D eigenvalue weighted by Gasteiger charge is 2.22. The Hall–Kier alpha value is -3.17. The fraction of sp³-hybridized carbons (Fsp3) is 0.423. The van der Waals surface area contributed by atoms with E-state index in [2.05, 4.69) is 47.6 Å². The second-order valence-corrected chi connectivity index (χ2v) is 9.22. The summed E-state index contributed by atoms with van der Waals surface area (Å²) in [5.41, 5.74) is 3.01. The van der Waals surface area contributed by atoms with E-state index in [-0.39, 0.29) is 17.2 Å². The number of likely N-dealkylation sites (tertiary alicyclic amines) is 1. The molecule has 32 heavy (non-hydrogen) atoms. The van der Waals surface area contributed by atoms with E-state index in [9.17, 15) is 10.1 Å². The number of nitrogens with zero attached hydrogens (tertiary/aromatic N) is 4. The van der Waals surface area contributed by atoms with Crippen molar-refractivity contribution in [2.24, 2.45) is 0 Å². The lowest BCUT2D eigenvalue weighted by Gasteiger charge is -2.29. The van der Waals surface area contributed by atoms with Gasteiger partial charge in [-0.25, -0.2) is 4.98 Å². The first-order valence-electron chi connectivity index (χ1n) is 11.6. The van der Waals surface area contributed by atoms with E-state index in [4.69, 9.17) is 4.98 Å². The number of hydrogen-bond donors (Lipinski definition) is 1. The predicted molar refractivity (Wildman–Crippen MR) is 127 cm³/mol. The number of rotatable bonds is 4. The van der Waals surface area contributed by atoms with Crippen LogP contribution in [0.15, 0.2) is 47.3 Å². The summed E-state index contributed by atoms with van der Waals surface area (Å²) >= 11 is 0. The Balaban J connectivity index is 1.43. The molecule has 1 aromatic carbocycles. The van der Waals surface area contributed by atoms with Crippen LogP contribution in [-0.4, -0.2) is 34.6 Å². The van der Waals surface area contributed by atoms with Crippen molar-refractivity contribution in [3.05, 3.63) is 63.9 Å². The van der Waals surface area contributed by atoms with Crippen molar-refractivity contribution < 1.29 is 0 Å². The predicted octanol–water partition coefficient (Wildman–Crippen LogP) is 4.94. The van der Waals surface area contributed by atoms with Crippen LogP contribution in [0.1, 0.15) is 61.6 Å². The molecule has 3 aromatic rings. The van der Waals surface area contributed by atoms with E-state index in [1.54, 1.807) is 10.6 Å². The molecule has 1 aliphatic heterocycles. The van der Waals surface area contributed by atoms with Gasteiger partial charge in [-0.2, -0.15) is 5.26 Å². The van der Waals surface area contributed by atoms with Crippen molar-refractivity contribution in [1.82, 2.24) is 14.5 Å². The van der Waals surface area contributed by atoms with Gasteiger partial charge in [0.15, 0.2) is 0 Å². The SMILES string of the molecule is CN1CCC(c2ccc(Nc3ccc4cc(C#N)c(=O)n(C5CCCC5)c4n3)cc2)CC1. The van der Waals surface area contributed by atoms with E-state index >= 15 is 0 Å². The third-order valence-electron chi connectivity index (χ3n) is 7.07. The van der Waals surface area contributed by atoms with Gasteiger partial charge in [-0.15, -0.1) is 0 Å². The number of hydrogen-bond acceptors (Lipinski definition) is 5. The average Bonchev–Trinajstić information content (AvgIpc) is 3.34. The highest BCUT2D eigenvalue weighted by molar-refractivity contribution is 5.79. The van der Waals surface area contributed by atoms with Gasteiger partial charge in [-0.1, -0.05) is 25.0 Å². The first-order valence-corrected chi connectivity index (χ1v) is 11.6. The molecule has 0 spiro atoms. The van der Waals surface area contributed by atoms with Crippen LogP contribution in [0.3, 0.4) is 0 Å². The second-order valence-electron chi connectivity index (χ2n) is 9.22. The van der Waals surface area contributed by atoms with Crippen LogP contribution in [0, 0.1) is 11.3 Å². The zero-order valence-corrected chi connectivity index (χ0v) is 18.6. The average molecular weight is 428 g/mol. The number of nitrogens with one attached hydrogen (secondary N) is 1. The van der Waals surface area contributed by atoms with Gasteiger partial charge in [0.25, 0.3) is 5.56 Å². The summed E-state index contributed by atoms with van der Waals surface area (Å²) in [6.07, 6.45) is 6.55. The molecule has 2 fully saturated rings. The maximum Gasteiger partial charge on any atom is 0.270 e. The highest BCUT2D eigenvalue weighted by Crippen LogP contribution is 2.32. The van der Waals surface area contributed by atoms with E-state index in [0.29, 0.717) is 17.4 Å². The van der Waals surface area contributed by atoms with Crippen LogP contribution < -0.4 is 10.9 Å². The Morgan fingerprint density at radius 3 is 2.44 bits per heavy atom. The molecule has 164 valence electrons. The zero-order valence-electron chi connectivity index (χ0n) is 18.6. The minimum atomic E-state index is -0.223. The summed E-state index contributed by atoms with van der Waals surface area (Å²) in [6.45, 7) is 2.31. The summed E-state index contributed by atoms with van der Waals surface area (Å²) in [5, 5.41) is 13.7. The minimum Gasteiger partial charge on any atom is -0.340 e. The van der Waals surface area contributed by atoms with Crippen molar-refractivity contribution in [2.45, 2.75) is 50.5 Å². The third kappa shape index (κ3) is 4.01. The van der Waals surface area contributed by atoms with Crippen LogP contribution in [-0.2, 0) is 0 Å². The van der Waals surface area contributed by atoms with Crippen LogP contribution in [0.4, 0.5) is 11.5 Å². The van der Waals surface area contributed by atoms with E-state index < -0.39 is 0 Å². The molecule has 1 aliphatic carbocycles. The summed E-state index contributed by atoms with van der Waals surface area (Å²) in [4.78, 5) is 20.2. The molecule has 0 unspecified atom stereocenters.